The molecule has 2 aliphatic heterocycles. The molecule has 2 saturated heterocycles. The van der Waals surface area contributed by atoms with E-state index in [9.17, 15) is 40.2 Å². The number of aliphatic hydroxyl groups is 7. The normalized spacial score (nSPS) is 38.1. The lowest BCUT2D eigenvalue weighted by Crippen LogP contribution is -2.59. The molecular weight excluding hydrogens is 448 g/mol. The molecule has 14 heteroatoms. The van der Waals surface area contributed by atoms with Gasteiger partial charge in [-0.05, 0) is 6.42 Å². The molecule has 0 aromatic carbocycles. The van der Waals surface area contributed by atoms with E-state index in [1.54, 1.807) is 0 Å². The maximum atomic E-state index is 11.9. The second kappa shape index (κ2) is 11.0. The van der Waals surface area contributed by atoms with Crippen molar-refractivity contribution in [1.29, 1.82) is 0 Å². The summed E-state index contributed by atoms with van der Waals surface area (Å²) in [5.41, 5.74) is -1.49. The fraction of sp³-hybridized carbons (Fsp3) is 0.684. The standard InChI is InChI=1S/C19H28N2O12/c22-7-9-11(25)12(26)15(29)18(32-9)31-6-2-1-3-8(23)16-13(27)14(28)17(33-16)21-5-4-10(24)20-19(21)30/h1-2,4-5,8-9,11-18,22-23,25-29H,3,6-7H2,(H,20,24,30)/b2-1+/t8?,9-,11+,12+,13+,14-,15-,16-,17-,18+/m1/s1. The average Bonchev–Trinajstić information content (AvgIpc) is 3.07. The molecule has 1 aromatic rings. The molecule has 1 unspecified atom stereocenters. The van der Waals surface area contributed by atoms with Crippen LogP contribution in [-0.4, -0.2) is 114 Å². The van der Waals surface area contributed by atoms with Crippen molar-refractivity contribution in [3.63, 3.8) is 0 Å². The van der Waals surface area contributed by atoms with Gasteiger partial charge >= 0.3 is 5.69 Å². The zero-order valence-electron chi connectivity index (χ0n) is 17.3. The molecule has 0 saturated carbocycles. The van der Waals surface area contributed by atoms with Gasteiger partial charge in [0.25, 0.3) is 5.56 Å². The fourth-order valence-corrected chi connectivity index (χ4v) is 3.65. The predicted octanol–water partition coefficient (Wildman–Crippen LogP) is -4.72. The van der Waals surface area contributed by atoms with Crippen molar-refractivity contribution < 1.29 is 50.0 Å². The third kappa shape index (κ3) is 5.58. The highest BCUT2D eigenvalue weighted by Gasteiger charge is 2.47. The molecule has 3 rings (SSSR count). The first-order valence-electron chi connectivity index (χ1n) is 10.2. The van der Waals surface area contributed by atoms with Crippen LogP contribution in [0.2, 0.25) is 0 Å². The Hall–Kier alpha value is -1.98. The van der Waals surface area contributed by atoms with E-state index in [1.165, 1.54) is 12.2 Å². The highest BCUT2D eigenvalue weighted by molar-refractivity contribution is 4.98. The average molecular weight is 476 g/mol. The molecule has 10 atom stereocenters. The van der Waals surface area contributed by atoms with Gasteiger partial charge in [0.05, 0.1) is 19.3 Å². The lowest BCUT2D eigenvalue weighted by Gasteiger charge is -2.39. The summed E-state index contributed by atoms with van der Waals surface area (Å²) in [6.07, 6.45) is -9.91. The van der Waals surface area contributed by atoms with Crippen LogP contribution >= 0.6 is 0 Å². The first-order chi connectivity index (χ1) is 15.6. The molecular formula is C19H28N2O12. The van der Waals surface area contributed by atoms with Crippen molar-refractivity contribution in [2.24, 2.45) is 0 Å². The SMILES string of the molecule is O=c1ccn([C@@H]2O[C@H](C(O)C/C=C/CO[C@H]3O[C@H](CO)[C@H](O)[C@H](O)[C@H]3O)[C@@H](O)[C@H]2O)c(=O)[nH]1. The highest BCUT2D eigenvalue weighted by atomic mass is 16.7. The summed E-state index contributed by atoms with van der Waals surface area (Å²) in [6, 6.07) is 1.05. The summed E-state index contributed by atoms with van der Waals surface area (Å²) < 4.78 is 16.8. The van der Waals surface area contributed by atoms with Crippen LogP contribution in [0.15, 0.2) is 34.0 Å². The van der Waals surface area contributed by atoms with Gasteiger partial charge < -0.3 is 50.0 Å². The third-order valence-electron chi connectivity index (χ3n) is 5.53. The molecule has 8 N–H and O–H groups in total. The lowest BCUT2D eigenvalue weighted by atomic mass is 9.99. The minimum absolute atomic E-state index is 0.0419. The molecule has 1 aromatic heterocycles. The van der Waals surface area contributed by atoms with Crippen LogP contribution in [0, 0.1) is 0 Å². The molecule has 0 amide bonds. The summed E-state index contributed by atoms with van der Waals surface area (Å²) >= 11 is 0. The largest absolute Gasteiger partial charge is 0.394 e. The Morgan fingerprint density at radius 3 is 2.42 bits per heavy atom. The number of aromatic amines is 1. The Labute approximate surface area is 186 Å². The number of hydrogen-bond donors (Lipinski definition) is 8. The van der Waals surface area contributed by atoms with E-state index < -0.39 is 79.2 Å². The summed E-state index contributed by atoms with van der Waals surface area (Å²) in [5, 5.41) is 69.3. The number of ether oxygens (including phenoxy) is 3. The topological polar surface area (TPSA) is 224 Å². The van der Waals surface area contributed by atoms with Gasteiger partial charge in [0.1, 0.15) is 42.7 Å². The maximum Gasteiger partial charge on any atom is 0.330 e. The number of nitrogens with one attached hydrogen (secondary N) is 1. The van der Waals surface area contributed by atoms with Gasteiger partial charge in [-0.1, -0.05) is 12.2 Å². The van der Waals surface area contributed by atoms with E-state index in [2.05, 4.69) is 0 Å². The van der Waals surface area contributed by atoms with Crippen LogP contribution in [0.5, 0.6) is 0 Å². The summed E-state index contributed by atoms with van der Waals surface area (Å²) in [5.74, 6) is 0. The van der Waals surface area contributed by atoms with E-state index in [0.29, 0.717) is 0 Å². The Morgan fingerprint density at radius 2 is 1.76 bits per heavy atom. The van der Waals surface area contributed by atoms with Crippen molar-refractivity contribution in [3.05, 3.63) is 45.3 Å². The van der Waals surface area contributed by atoms with Crippen molar-refractivity contribution >= 4 is 0 Å². The Bertz CT molecular complexity index is 917. The molecule has 0 spiro atoms. The van der Waals surface area contributed by atoms with Gasteiger partial charge in [0.2, 0.25) is 0 Å². The van der Waals surface area contributed by atoms with Gasteiger partial charge in [-0.25, -0.2) is 4.79 Å². The van der Waals surface area contributed by atoms with Crippen LogP contribution < -0.4 is 11.2 Å². The highest BCUT2D eigenvalue weighted by Crippen LogP contribution is 2.31. The molecule has 0 bridgehead atoms. The molecule has 33 heavy (non-hydrogen) atoms. The molecule has 2 fully saturated rings. The Balaban J connectivity index is 1.51. The van der Waals surface area contributed by atoms with Crippen molar-refractivity contribution in [3.8, 4) is 0 Å². The summed E-state index contributed by atoms with van der Waals surface area (Å²) in [4.78, 5) is 25.1. The number of aromatic nitrogens is 2. The number of nitrogens with zero attached hydrogens (tertiary/aromatic N) is 1. The molecule has 2 aliphatic rings. The van der Waals surface area contributed by atoms with Crippen LogP contribution in [0.4, 0.5) is 0 Å². The molecule has 14 nitrogen and oxygen atoms in total. The van der Waals surface area contributed by atoms with Crippen LogP contribution in [0.25, 0.3) is 0 Å². The summed E-state index contributed by atoms with van der Waals surface area (Å²) in [6.45, 7) is -0.712. The van der Waals surface area contributed by atoms with Crippen LogP contribution in [0.3, 0.4) is 0 Å². The van der Waals surface area contributed by atoms with Crippen LogP contribution in [0.1, 0.15) is 12.6 Å². The second-order valence-electron chi connectivity index (χ2n) is 7.79. The molecule has 0 aliphatic carbocycles. The van der Waals surface area contributed by atoms with Gasteiger partial charge in [0.15, 0.2) is 12.5 Å². The van der Waals surface area contributed by atoms with Gasteiger partial charge in [-0.3, -0.25) is 14.3 Å². The molecule has 0 radical (unpaired) electrons. The minimum Gasteiger partial charge on any atom is -0.394 e. The van der Waals surface area contributed by atoms with E-state index in [0.717, 1.165) is 16.8 Å². The number of H-pyrrole nitrogens is 1. The van der Waals surface area contributed by atoms with Gasteiger partial charge in [-0.15, -0.1) is 0 Å². The predicted molar refractivity (Wildman–Crippen MR) is 107 cm³/mol. The van der Waals surface area contributed by atoms with Crippen LogP contribution in [-0.2, 0) is 14.2 Å². The zero-order chi connectivity index (χ0) is 24.3. The zero-order valence-corrected chi connectivity index (χ0v) is 17.3. The van der Waals surface area contributed by atoms with E-state index >= 15 is 0 Å². The monoisotopic (exact) mass is 476 g/mol. The third-order valence-corrected chi connectivity index (χ3v) is 5.53. The first-order valence-corrected chi connectivity index (χ1v) is 10.2. The smallest absolute Gasteiger partial charge is 0.330 e. The number of hydrogen-bond acceptors (Lipinski definition) is 12. The molecule has 186 valence electrons. The number of aliphatic hydroxyl groups excluding tert-OH is 7. The summed E-state index contributed by atoms with van der Waals surface area (Å²) in [7, 11) is 0. The number of rotatable bonds is 8. The van der Waals surface area contributed by atoms with Crippen molar-refractivity contribution in [2.75, 3.05) is 13.2 Å². The van der Waals surface area contributed by atoms with Gasteiger partial charge in [-0.2, -0.15) is 0 Å². The van der Waals surface area contributed by atoms with E-state index in [1.807, 2.05) is 4.98 Å². The Morgan fingerprint density at radius 1 is 1.03 bits per heavy atom. The van der Waals surface area contributed by atoms with E-state index in [4.69, 9.17) is 19.3 Å². The van der Waals surface area contributed by atoms with Gasteiger partial charge in [0, 0.05) is 12.3 Å². The quantitative estimate of drug-likeness (QED) is 0.166. The van der Waals surface area contributed by atoms with Crippen molar-refractivity contribution in [2.45, 2.75) is 67.8 Å². The second-order valence-corrected chi connectivity index (χ2v) is 7.79. The van der Waals surface area contributed by atoms with E-state index in [-0.39, 0.29) is 13.0 Å². The maximum absolute atomic E-state index is 11.9. The molecule has 3 heterocycles. The Kier molecular flexibility index (Phi) is 8.52. The fourth-order valence-electron chi connectivity index (χ4n) is 3.65. The first kappa shape index (κ1) is 25.6. The van der Waals surface area contributed by atoms with Crippen molar-refractivity contribution in [1.82, 2.24) is 9.55 Å². The lowest BCUT2D eigenvalue weighted by molar-refractivity contribution is -0.298. The minimum atomic E-state index is -1.57.